The van der Waals surface area contributed by atoms with E-state index in [9.17, 15) is 13.2 Å². The summed E-state index contributed by atoms with van der Waals surface area (Å²) in [5.74, 6) is 1.85. The fourth-order valence-corrected chi connectivity index (χ4v) is 5.83. The van der Waals surface area contributed by atoms with Gasteiger partial charge in [-0.1, -0.05) is 44.7 Å². The van der Waals surface area contributed by atoms with E-state index in [2.05, 4.69) is 6.92 Å². The van der Waals surface area contributed by atoms with Crippen LogP contribution in [0.2, 0.25) is 0 Å². The fraction of sp³-hybridized carbons (Fsp3) is 0.571. The van der Waals surface area contributed by atoms with E-state index >= 15 is 0 Å². The van der Waals surface area contributed by atoms with Crippen LogP contribution < -0.4 is 0 Å². The second-order valence-corrected chi connectivity index (χ2v) is 10.2. The Morgan fingerprint density at radius 1 is 0.742 bits per heavy atom. The van der Waals surface area contributed by atoms with Crippen molar-refractivity contribution in [2.24, 2.45) is 23.7 Å². The van der Waals surface area contributed by atoms with Gasteiger partial charge in [-0.15, -0.1) is 0 Å². The average molecular weight is 429 g/mol. The molecule has 2 aliphatic carbocycles. The van der Waals surface area contributed by atoms with Crippen LogP contribution >= 0.6 is 0 Å². The highest BCUT2D eigenvalue weighted by atomic mass is 19.1. The number of rotatable bonds is 5. The predicted octanol–water partition coefficient (Wildman–Crippen LogP) is 8.64. The minimum absolute atomic E-state index is 0.0338. The van der Waals surface area contributed by atoms with Crippen LogP contribution in [-0.2, 0) is 6.42 Å². The lowest BCUT2D eigenvalue weighted by Crippen LogP contribution is -2.25. The van der Waals surface area contributed by atoms with Gasteiger partial charge in [0.25, 0.3) is 0 Å². The molecule has 0 radical (unpaired) electrons. The van der Waals surface area contributed by atoms with Crippen LogP contribution in [0.15, 0.2) is 30.3 Å². The molecule has 0 unspecified atom stereocenters. The summed E-state index contributed by atoms with van der Waals surface area (Å²) in [6.07, 6.45) is 13.0. The lowest BCUT2D eigenvalue weighted by molar-refractivity contribution is 0.148. The van der Waals surface area contributed by atoms with Crippen LogP contribution in [0, 0.1) is 48.0 Å². The predicted molar refractivity (Wildman–Crippen MR) is 121 cm³/mol. The molecule has 2 aromatic carbocycles. The van der Waals surface area contributed by atoms with Gasteiger partial charge in [0.05, 0.1) is 0 Å². The van der Waals surface area contributed by atoms with Crippen molar-refractivity contribution >= 4 is 0 Å². The normalized spacial score (nSPS) is 26.7. The molecule has 0 aromatic heterocycles. The second-order valence-electron chi connectivity index (χ2n) is 10.2. The lowest BCUT2D eigenvalue weighted by Gasteiger charge is -2.37. The molecule has 3 heteroatoms. The molecule has 2 fully saturated rings. The summed E-state index contributed by atoms with van der Waals surface area (Å²) in [5, 5.41) is 0. The van der Waals surface area contributed by atoms with Crippen LogP contribution in [0.4, 0.5) is 13.2 Å². The van der Waals surface area contributed by atoms with Gasteiger partial charge in [0.2, 0.25) is 0 Å². The Labute approximate surface area is 185 Å². The van der Waals surface area contributed by atoms with Crippen molar-refractivity contribution in [3.05, 3.63) is 58.9 Å². The van der Waals surface area contributed by atoms with E-state index in [-0.39, 0.29) is 16.7 Å². The highest BCUT2D eigenvalue weighted by Gasteiger charge is 2.29. The molecule has 2 aliphatic rings. The average Bonchev–Trinajstić information content (AvgIpc) is 2.77. The SMILES string of the molecule is Cc1c(F)cc(-c2ccc(CCC3CCC(C4CCC(C)CC4)CC3)cc2F)cc1F. The maximum absolute atomic E-state index is 14.7. The Hall–Kier alpha value is -1.77. The highest BCUT2D eigenvalue weighted by Crippen LogP contribution is 2.42. The van der Waals surface area contributed by atoms with Crippen LogP contribution in [-0.4, -0.2) is 0 Å². The first-order valence-corrected chi connectivity index (χ1v) is 12.1. The summed E-state index contributed by atoms with van der Waals surface area (Å²) >= 11 is 0. The number of hydrogen-bond donors (Lipinski definition) is 0. The number of halogens is 3. The number of hydrogen-bond acceptors (Lipinski definition) is 0. The van der Waals surface area contributed by atoms with Crippen molar-refractivity contribution in [1.82, 2.24) is 0 Å². The molecule has 2 saturated carbocycles. The van der Waals surface area contributed by atoms with Crippen molar-refractivity contribution in [1.29, 1.82) is 0 Å². The lowest BCUT2D eigenvalue weighted by atomic mass is 9.69. The molecule has 2 aromatic rings. The van der Waals surface area contributed by atoms with Crippen molar-refractivity contribution in [2.45, 2.75) is 78.1 Å². The van der Waals surface area contributed by atoms with Gasteiger partial charge < -0.3 is 0 Å². The van der Waals surface area contributed by atoms with Crippen molar-refractivity contribution < 1.29 is 13.2 Å². The molecule has 0 bridgehead atoms. The van der Waals surface area contributed by atoms with E-state index in [1.165, 1.54) is 70.4 Å². The minimum atomic E-state index is -0.642. The first-order chi connectivity index (χ1) is 14.9. The third-order valence-electron chi connectivity index (χ3n) is 8.09. The molecule has 4 rings (SSSR count). The van der Waals surface area contributed by atoms with Gasteiger partial charge in [-0.2, -0.15) is 0 Å². The van der Waals surface area contributed by atoms with Crippen LogP contribution in [0.1, 0.15) is 75.8 Å². The van der Waals surface area contributed by atoms with Crippen LogP contribution in [0.5, 0.6) is 0 Å². The summed E-state index contributed by atoms with van der Waals surface area (Å²) in [6.45, 7) is 3.77. The summed E-state index contributed by atoms with van der Waals surface area (Å²) in [5.41, 5.74) is 1.44. The highest BCUT2D eigenvalue weighted by molar-refractivity contribution is 5.65. The standard InChI is InChI=1S/C28H35F3/c1-18-3-10-22(11-4-18)23-12-7-20(8-13-23)5-6-21-9-14-25(28(31)15-21)24-16-26(29)19(2)27(30)17-24/h9,14-18,20,22-23H,3-8,10-13H2,1-2H3. The van der Waals surface area contributed by atoms with E-state index in [1.54, 1.807) is 12.1 Å². The van der Waals surface area contributed by atoms with Crippen molar-refractivity contribution in [3.8, 4) is 11.1 Å². The van der Waals surface area contributed by atoms with E-state index < -0.39 is 17.5 Å². The zero-order valence-electron chi connectivity index (χ0n) is 18.9. The summed E-state index contributed by atoms with van der Waals surface area (Å²) in [4.78, 5) is 0. The van der Waals surface area contributed by atoms with E-state index in [1.807, 2.05) is 6.07 Å². The van der Waals surface area contributed by atoms with E-state index in [0.717, 1.165) is 42.1 Å². The van der Waals surface area contributed by atoms with Crippen molar-refractivity contribution in [3.63, 3.8) is 0 Å². The van der Waals surface area contributed by atoms with E-state index in [4.69, 9.17) is 0 Å². The summed E-state index contributed by atoms with van der Waals surface area (Å²) in [6, 6.07) is 7.53. The first kappa shape index (κ1) is 22.4. The Balaban J connectivity index is 1.30. The summed E-state index contributed by atoms with van der Waals surface area (Å²) in [7, 11) is 0. The first-order valence-electron chi connectivity index (χ1n) is 12.1. The maximum Gasteiger partial charge on any atom is 0.131 e. The third kappa shape index (κ3) is 5.35. The second kappa shape index (κ2) is 9.79. The van der Waals surface area contributed by atoms with Gasteiger partial charge in [-0.3, -0.25) is 0 Å². The Kier molecular flexibility index (Phi) is 7.08. The molecular weight excluding hydrogens is 393 g/mol. The third-order valence-corrected chi connectivity index (χ3v) is 8.09. The molecule has 168 valence electrons. The molecule has 0 atom stereocenters. The van der Waals surface area contributed by atoms with Gasteiger partial charge >= 0.3 is 0 Å². The smallest absolute Gasteiger partial charge is 0.131 e. The van der Waals surface area contributed by atoms with E-state index in [0.29, 0.717) is 0 Å². The largest absolute Gasteiger partial charge is 0.207 e. The van der Waals surface area contributed by atoms with Gasteiger partial charge in [-0.05, 0) is 98.4 Å². The molecule has 0 N–H and O–H groups in total. The molecule has 0 amide bonds. The molecule has 0 aliphatic heterocycles. The van der Waals surface area contributed by atoms with Crippen LogP contribution in [0.3, 0.4) is 0 Å². The van der Waals surface area contributed by atoms with Crippen molar-refractivity contribution in [2.75, 3.05) is 0 Å². The van der Waals surface area contributed by atoms with Gasteiger partial charge in [0, 0.05) is 11.1 Å². The summed E-state index contributed by atoms with van der Waals surface area (Å²) < 4.78 is 42.4. The fourth-order valence-electron chi connectivity index (χ4n) is 5.83. The maximum atomic E-state index is 14.7. The molecule has 0 heterocycles. The number of benzene rings is 2. The minimum Gasteiger partial charge on any atom is -0.207 e. The van der Waals surface area contributed by atoms with Crippen LogP contribution in [0.25, 0.3) is 11.1 Å². The molecule has 0 saturated heterocycles. The number of aryl methyl sites for hydroxylation is 1. The Bertz CT molecular complexity index is 864. The molecule has 0 spiro atoms. The molecular formula is C28H35F3. The van der Waals surface area contributed by atoms with Gasteiger partial charge in [0.1, 0.15) is 17.5 Å². The molecule has 31 heavy (non-hydrogen) atoms. The monoisotopic (exact) mass is 428 g/mol. The Morgan fingerprint density at radius 3 is 1.90 bits per heavy atom. The topological polar surface area (TPSA) is 0 Å². The van der Waals surface area contributed by atoms with Gasteiger partial charge in [-0.25, -0.2) is 13.2 Å². The Morgan fingerprint density at radius 2 is 1.32 bits per heavy atom. The van der Waals surface area contributed by atoms with Gasteiger partial charge in [0.15, 0.2) is 0 Å². The molecule has 0 nitrogen and oxygen atoms in total. The zero-order chi connectivity index (χ0) is 22.0. The zero-order valence-corrected chi connectivity index (χ0v) is 18.9. The quantitative estimate of drug-likeness (QED) is 0.447.